The quantitative estimate of drug-likeness (QED) is 0.0161. The Morgan fingerprint density at radius 3 is 1.16 bits per heavy atom. The number of carboxylic acids is 2. The topological polar surface area (TPSA) is 765 Å². The van der Waals surface area contributed by atoms with E-state index in [1.165, 1.54) is 123 Å². The summed E-state index contributed by atoms with van der Waals surface area (Å²) in [5.41, 5.74) is 18.0. The van der Waals surface area contributed by atoms with Crippen LogP contribution in [0.1, 0.15) is 73.9 Å². The molecule has 129 heavy (non-hydrogen) atoms. The molecule has 0 saturated carbocycles. The number of phenols is 4. The molecule has 4 aromatic carbocycles. The molecule has 6 rings (SSSR count). The number of thiol groups is 2. The molecule has 0 aliphatic carbocycles. The number of benzene rings is 4. The summed E-state index contributed by atoms with van der Waals surface area (Å²) < 4.78 is 0. The molecule has 49 heteroatoms. The molecular weight excluding hydrogens is 1740 g/mol. The number of imidazole rings is 1. The molecule has 0 spiro atoms. The molecule has 2 heterocycles. The number of aromatic hydroxyl groups is 4. The summed E-state index contributed by atoms with van der Waals surface area (Å²) in [6.45, 7) is -1.07. The third kappa shape index (κ3) is 33.9. The second-order valence-electron chi connectivity index (χ2n) is 30.0. The van der Waals surface area contributed by atoms with E-state index in [0.29, 0.717) is 11.3 Å². The van der Waals surface area contributed by atoms with E-state index < -0.39 is 279 Å². The maximum atomic E-state index is 14.7. The lowest BCUT2D eigenvalue weighted by atomic mass is 10.0. The minimum Gasteiger partial charge on any atom is -0.508 e. The average molecular weight is 1840 g/mol. The second kappa shape index (κ2) is 50.8. The third-order valence-corrected chi connectivity index (χ3v) is 20.4. The fourth-order valence-electron chi connectivity index (χ4n) is 12.8. The van der Waals surface area contributed by atoms with Crippen molar-refractivity contribution in [2.45, 2.75) is 163 Å². The molecule has 14 atom stereocenters. The van der Waals surface area contributed by atoms with Crippen LogP contribution in [0.25, 0.3) is 0 Å². The van der Waals surface area contributed by atoms with Crippen molar-refractivity contribution in [1.29, 1.82) is 0 Å². The Balaban J connectivity index is 1.12. The Hall–Kier alpha value is -14.2. The van der Waals surface area contributed by atoms with Crippen LogP contribution in [-0.4, -0.2) is 297 Å². The van der Waals surface area contributed by atoms with Crippen LogP contribution in [0.4, 0.5) is 0 Å². The highest BCUT2D eigenvalue weighted by Crippen LogP contribution is 2.23. The van der Waals surface area contributed by atoms with E-state index in [-0.39, 0.29) is 71.9 Å². The van der Waals surface area contributed by atoms with E-state index in [2.05, 4.69) is 104 Å². The lowest BCUT2D eigenvalue weighted by Crippen LogP contribution is -2.61. The number of hydrogen-bond donors (Lipinski definition) is 28. The van der Waals surface area contributed by atoms with Gasteiger partial charge in [0.2, 0.25) is 100 Å². The number of primary amides is 2. The van der Waals surface area contributed by atoms with Gasteiger partial charge in [-0.2, -0.15) is 25.3 Å². The molecule has 1 aliphatic rings. The number of nitrogens with two attached hydrogens (primary N) is 3. The van der Waals surface area contributed by atoms with Crippen LogP contribution in [0, 0.1) is 5.92 Å². The first-order valence-electron chi connectivity index (χ1n) is 39.9. The van der Waals surface area contributed by atoms with Gasteiger partial charge in [-0.1, -0.05) is 62.4 Å². The predicted molar refractivity (Wildman–Crippen MR) is 456 cm³/mol. The SMILES string of the molecule is CC(C)[C@H](NC(=O)CNC(=O)[C@H](Cc1ccc(O)cc1)NC(=O)[C@H](CO)NC(=O)[C@H](CC(N)=O)NC(=O)[C@H](Cc1ccc(O)cc1)NC(=O)[C@H](CS)NC(=O)CNC(=O)[C@H](Cc1cnc[nH]1)NC(=O)[C@@H](N)CC(N)=O)C(=O)N1CCC[C@H]1C(=O)N[C@@H](Cc1ccc(O)cc1)C(=O)N[C@@H](CS)C(=O)N[C@@H](CC(=O)O)C(=O)N[C@@H](Cc1ccc(O)cc1)C(=O)N[C@@H](CO)C(=O)O. The number of hydrogen-bond acceptors (Lipinski definition) is 29. The average Bonchev–Trinajstić information content (AvgIpc) is 1.76. The Kier molecular flexibility index (Phi) is 40.8. The van der Waals surface area contributed by atoms with Gasteiger partial charge in [-0.25, -0.2) is 9.78 Å². The molecule has 0 bridgehead atoms. The van der Waals surface area contributed by atoms with Gasteiger partial charge < -0.3 is 142 Å². The number of carbonyl (C=O) groups excluding carboxylic acids is 17. The third-order valence-electron chi connectivity index (χ3n) is 19.7. The van der Waals surface area contributed by atoms with Crippen molar-refractivity contribution in [2.75, 3.05) is 44.4 Å². The summed E-state index contributed by atoms with van der Waals surface area (Å²) in [5.74, 6) is -24.4. The number of carbonyl (C=O) groups is 19. The molecule has 0 radical (unpaired) electrons. The van der Waals surface area contributed by atoms with E-state index in [1.807, 2.05) is 5.32 Å². The van der Waals surface area contributed by atoms with Gasteiger partial charge in [-0.05, 0) is 89.5 Å². The molecule has 17 amide bonds. The molecule has 0 unspecified atom stereocenters. The molecular formula is C80H104N20O27S2. The van der Waals surface area contributed by atoms with Crippen molar-refractivity contribution >= 4 is 138 Å². The van der Waals surface area contributed by atoms with Crippen molar-refractivity contribution in [1.82, 2.24) is 89.3 Å². The Bertz CT molecular complexity index is 4810. The number of aliphatic carboxylic acids is 2. The number of aliphatic hydroxyl groups is 2. The molecule has 1 fully saturated rings. The zero-order valence-corrected chi connectivity index (χ0v) is 71.2. The highest BCUT2D eigenvalue weighted by atomic mass is 32.1. The minimum atomic E-state index is -2.03. The van der Waals surface area contributed by atoms with Gasteiger partial charge in [0.15, 0.2) is 0 Å². The van der Waals surface area contributed by atoms with Crippen molar-refractivity contribution in [3.8, 4) is 23.0 Å². The number of aromatic amines is 1. The van der Waals surface area contributed by atoms with Gasteiger partial charge in [0.25, 0.3) is 0 Å². The van der Waals surface area contributed by atoms with Crippen molar-refractivity contribution in [3.05, 3.63) is 138 Å². The number of aliphatic hydroxyl groups excluding tert-OH is 2. The summed E-state index contributed by atoms with van der Waals surface area (Å²) in [4.78, 5) is 265. The van der Waals surface area contributed by atoms with Crippen LogP contribution >= 0.6 is 25.3 Å². The van der Waals surface area contributed by atoms with Gasteiger partial charge in [-0.3, -0.25) is 86.3 Å². The molecule has 1 aliphatic heterocycles. The Labute approximate surface area is 746 Å². The summed E-state index contributed by atoms with van der Waals surface area (Å²) in [7, 11) is 0. The van der Waals surface area contributed by atoms with Crippen LogP contribution in [0.3, 0.4) is 0 Å². The van der Waals surface area contributed by atoms with E-state index in [1.54, 1.807) is 0 Å². The fraction of sp³-hybridized carbons (Fsp3) is 0.425. The summed E-state index contributed by atoms with van der Waals surface area (Å²) in [6.07, 6.45) is -1.71. The van der Waals surface area contributed by atoms with E-state index in [4.69, 9.17) is 17.2 Å². The van der Waals surface area contributed by atoms with Crippen molar-refractivity contribution < 1.29 is 132 Å². The van der Waals surface area contributed by atoms with Gasteiger partial charge in [0, 0.05) is 62.0 Å². The summed E-state index contributed by atoms with van der Waals surface area (Å²) >= 11 is 8.39. The first-order chi connectivity index (χ1) is 61.1. The zero-order valence-electron chi connectivity index (χ0n) is 69.4. The number of nitrogens with one attached hydrogen (secondary N) is 15. The molecule has 1 saturated heterocycles. The lowest BCUT2D eigenvalue weighted by molar-refractivity contribution is -0.144. The van der Waals surface area contributed by atoms with Crippen LogP contribution in [0.2, 0.25) is 0 Å². The van der Waals surface area contributed by atoms with E-state index in [9.17, 15) is 132 Å². The van der Waals surface area contributed by atoms with E-state index >= 15 is 0 Å². The normalized spacial score (nSPS) is 15.2. The number of likely N-dealkylation sites (tertiary alicyclic amines) is 1. The highest BCUT2D eigenvalue weighted by Gasteiger charge is 2.42. The van der Waals surface area contributed by atoms with Crippen LogP contribution in [0.5, 0.6) is 23.0 Å². The number of rotatable bonds is 51. The van der Waals surface area contributed by atoms with Crippen LogP contribution < -0.4 is 91.6 Å². The Morgan fingerprint density at radius 1 is 0.426 bits per heavy atom. The standard InChI is InChI=1S/C80H104N20O27S2/c1-38(2)66(79(125)100-21-3-4-60(100)78(124)95-52(25-42-11-19-47(106)20-12-42)72(118)98-59(36-129)77(123)94-55(29-65(111)112)74(120)91-51(24-41-9-17-46(105)18-10-41)71(117)97-57(34-102)80(126)127)99-64(110)32-86-68(114)49(22-39-5-13-44(103)14-6-39)90-75(121)56(33-101)96-73(119)54(28-62(83)108)93-70(116)50(23-40-7-15-45(104)16-8-40)92-76(122)58(35-128)88-63(109)31-85-69(115)53(26-43-30-84-37-87-43)89-67(113)48(81)27-61(82)107/h5-20,30,37-38,48-60,66,101-106,128-129H,3-4,21-29,31-36,81H2,1-2H3,(H2,82,107)(H2,83,108)(H,84,87)(H,85,115)(H,86,114)(H,88,109)(H,89,113)(H,90,121)(H,91,120)(H,92,122)(H,93,116)(H,94,123)(H,95,124)(H,96,119)(H,97,117)(H,98,118)(H,99,110)(H,111,112)(H,126,127)/t48-,49-,50-,51-,52-,53-,54-,55-,56-,57-,58-,59-,60-,66-/m0/s1. The maximum Gasteiger partial charge on any atom is 0.328 e. The lowest BCUT2D eigenvalue weighted by Gasteiger charge is -2.31. The molecule has 47 nitrogen and oxygen atoms in total. The summed E-state index contributed by atoms with van der Waals surface area (Å²) in [5, 5.41) is 112. The van der Waals surface area contributed by atoms with Gasteiger partial charge in [0.05, 0.1) is 57.9 Å². The number of phenolic OH excluding ortho intramolecular Hbond substituents is 4. The number of amides is 17. The largest absolute Gasteiger partial charge is 0.508 e. The molecule has 5 aromatic rings. The van der Waals surface area contributed by atoms with Crippen molar-refractivity contribution in [3.63, 3.8) is 0 Å². The van der Waals surface area contributed by atoms with Gasteiger partial charge >= 0.3 is 11.9 Å². The monoisotopic (exact) mass is 1840 g/mol. The number of aromatic nitrogens is 2. The minimum absolute atomic E-state index is 0.0142. The highest BCUT2D eigenvalue weighted by molar-refractivity contribution is 7.80. The smallest absolute Gasteiger partial charge is 0.328 e. The molecule has 29 N–H and O–H groups in total. The number of nitrogens with zero attached hydrogens (tertiary/aromatic N) is 2. The Morgan fingerprint density at radius 2 is 0.767 bits per heavy atom. The number of carboxylic acid groups (broad SMARTS) is 2. The number of H-pyrrole nitrogens is 1. The first-order valence-corrected chi connectivity index (χ1v) is 41.1. The van der Waals surface area contributed by atoms with Gasteiger partial charge in [-0.15, -0.1) is 0 Å². The van der Waals surface area contributed by atoms with Crippen LogP contribution in [-0.2, 0) is 123 Å². The predicted octanol–water partition coefficient (Wildman–Crippen LogP) is -9.08. The maximum absolute atomic E-state index is 14.7. The first kappa shape index (κ1) is 104. The van der Waals surface area contributed by atoms with Crippen molar-refractivity contribution in [2.24, 2.45) is 23.1 Å². The van der Waals surface area contributed by atoms with Gasteiger partial charge in [0.1, 0.15) is 102 Å². The molecule has 698 valence electrons. The summed E-state index contributed by atoms with van der Waals surface area (Å²) in [6, 6.07) is -2.79. The zero-order chi connectivity index (χ0) is 95.5. The second-order valence-corrected chi connectivity index (χ2v) is 30.8. The fourth-order valence-corrected chi connectivity index (χ4v) is 13.3. The molecule has 1 aromatic heterocycles. The van der Waals surface area contributed by atoms with Crippen LogP contribution in [0.15, 0.2) is 110 Å². The van der Waals surface area contributed by atoms with E-state index in [0.717, 1.165) is 4.90 Å².